The van der Waals surface area contributed by atoms with Crippen molar-refractivity contribution in [2.24, 2.45) is 0 Å². The summed E-state index contributed by atoms with van der Waals surface area (Å²) in [7, 11) is 0. The molecule has 2 rings (SSSR count). The summed E-state index contributed by atoms with van der Waals surface area (Å²) in [6.07, 6.45) is 0. The predicted octanol–water partition coefficient (Wildman–Crippen LogP) is 5.13. The fourth-order valence-electron chi connectivity index (χ4n) is 1.96. The normalized spacial score (nSPS) is 10.7. The van der Waals surface area contributed by atoms with Gasteiger partial charge in [-0.15, -0.1) is 0 Å². The molecule has 0 fully saturated rings. The lowest BCUT2D eigenvalue weighted by atomic mass is 10.0. The third-order valence-electron chi connectivity index (χ3n) is 3.36. The van der Waals surface area contributed by atoms with E-state index in [1.165, 1.54) is 5.56 Å². The first-order valence-corrected chi connectivity index (χ1v) is 7.44. The lowest BCUT2D eigenvalue weighted by Crippen LogP contribution is -2.12. The van der Waals surface area contributed by atoms with Gasteiger partial charge in [-0.1, -0.05) is 48.0 Å². The number of carbonyl (C=O) groups excluding carboxylic acids is 1. The molecule has 0 saturated carbocycles. The van der Waals surface area contributed by atoms with Gasteiger partial charge in [0.25, 0.3) is 5.91 Å². The maximum atomic E-state index is 12.2. The van der Waals surface area contributed by atoms with Gasteiger partial charge in [0, 0.05) is 15.7 Å². The van der Waals surface area contributed by atoms with Crippen molar-refractivity contribution in [2.75, 3.05) is 5.32 Å². The SMILES string of the molecule is Cc1c(Br)cccc1NC(=O)c1ccc(C(C)C)cc1. The van der Waals surface area contributed by atoms with Gasteiger partial charge in [0.15, 0.2) is 0 Å². The maximum absolute atomic E-state index is 12.2. The number of carbonyl (C=O) groups is 1. The van der Waals surface area contributed by atoms with Gasteiger partial charge >= 0.3 is 0 Å². The summed E-state index contributed by atoms with van der Waals surface area (Å²) >= 11 is 3.47. The van der Waals surface area contributed by atoms with Gasteiger partial charge in [0.2, 0.25) is 0 Å². The van der Waals surface area contributed by atoms with Crippen molar-refractivity contribution >= 4 is 27.5 Å². The average Bonchev–Trinajstić information content (AvgIpc) is 2.44. The Kier molecular flexibility index (Phi) is 4.61. The van der Waals surface area contributed by atoms with Crippen molar-refractivity contribution in [3.05, 3.63) is 63.6 Å². The van der Waals surface area contributed by atoms with Gasteiger partial charge in [-0.2, -0.15) is 0 Å². The second-order valence-corrected chi connectivity index (χ2v) is 6.00. The molecular formula is C17H18BrNO. The summed E-state index contributed by atoms with van der Waals surface area (Å²) in [5, 5.41) is 2.95. The fraction of sp³-hybridized carbons (Fsp3) is 0.235. The quantitative estimate of drug-likeness (QED) is 0.829. The maximum Gasteiger partial charge on any atom is 0.255 e. The molecule has 2 aromatic carbocycles. The van der Waals surface area contributed by atoms with Crippen molar-refractivity contribution in [1.82, 2.24) is 0 Å². The molecule has 0 aliphatic rings. The van der Waals surface area contributed by atoms with E-state index in [1.807, 2.05) is 49.4 Å². The van der Waals surface area contributed by atoms with Crippen molar-refractivity contribution in [3.63, 3.8) is 0 Å². The monoisotopic (exact) mass is 331 g/mol. The topological polar surface area (TPSA) is 29.1 Å². The Labute approximate surface area is 128 Å². The highest BCUT2D eigenvalue weighted by atomic mass is 79.9. The van der Waals surface area contributed by atoms with Crippen LogP contribution in [-0.2, 0) is 0 Å². The van der Waals surface area contributed by atoms with Gasteiger partial charge in [0.1, 0.15) is 0 Å². The summed E-state index contributed by atoms with van der Waals surface area (Å²) in [5.74, 6) is 0.390. The van der Waals surface area contributed by atoms with Gasteiger partial charge in [-0.3, -0.25) is 4.79 Å². The summed E-state index contributed by atoms with van der Waals surface area (Å²) in [6.45, 7) is 6.25. The largest absolute Gasteiger partial charge is 0.322 e. The molecule has 3 heteroatoms. The number of amides is 1. The molecule has 0 radical (unpaired) electrons. The summed E-state index contributed by atoms with van der Waals surface area (Å²) in [6, 6.07) is 13.5. The molecule has 2 nitrogen and oxygen atoms in total. The minimum absolute atomic E-state index is 0.0819. The van der Waals surface area contributed by atoms with E-state index in [0.717, 1.165) is 15.7 Å². The third-order valence-corrected chi connectivity index (χ3v) is 4.21. The molecule has 0 saturated heterocycles. The predicted molar refractivity (Wildman–Crippen MR) is 87.4 cm³/mol. The minimum atomic E-state index is -0.0819. The van der Waals surface area contributed by atoms with Crippen LogP contribution >= 0.6 is 15.9 Å². The van der Waals surface area contributed by atoms with Gasteiger partial charge in [-0.05, 0) is 48.2 Å². The highest BCUT2D eigenvalue weighted by Crippen LogP contribution is 2.24. The molecule has 0 heterocycles. The van der Waals surface area contributed by atoms with E-state index in [4.69, 9.17) is 0 Å². The standard InChI is InChI=1S/C17H18BrNO/c1-11(2)13-7-9-14(10-8-13)17(20)19-16-6-4-5-15(18)12(16)3/h4-11H,1-3H3,(H,19,20). The van der Waals surface area contributed by atoms with Crippen molar-refractivity contribution in [3.8, 4) is 0 Å². The highest BCUT2D eigenvalue weighted by Gasteiger charge is 2.09. The van der Waals surface area contributed by atoms with Crippen LogP contribution in [0.25, 0.3) is 0 Å². The molecule has 2 aromatic rings. The number of rotatable bonds is 3. The van der Waals surface area contributed by atoms with Crippen LogP contribution in [0.2, 0.25) is 0 Å². The molecule has 0 atom stereocenters. The molecule has 1 amide bonds. The first kappa shape index (κ1) is 14.8. The van der Waals surface area contributed by atoms with Crippen LogP contribution in [0, 0.1) is 6.92 Å². The highest BCUT2D eigenvalue weighted by molar-refractivity contribution is 9.10. The molecule has 0 bridgehead atoms. The van der Waals surface area contributed by atoms with E-state index in [1.54, 1.807) is 0 Å². The Hall–Kier alpha value is -1.61. The van der Waals surface area contributed by atoms with E-state index in [0.29, 0.717) is 11.5 Å². The minimum Gasteiger partial charge on any atom is -0.322 e. The summed E-state index contributed by atoms with van der Waals surface area (Å²) in [5.41, 5.74) is 3.77. The summed E-state index contributed by atoms with van der Waals surface area (Å²) in [4.78, 5) is 12.2. The van der Waals surface area contributed by atoms with E-state index in [9.17, 15) is 4.79 Å². The van der Waals surface area contributed by atoms with Crippen LogP contribution in [0.4, 0.5) is 5.69 Å². The number of nitrogens with one attached hydrogen (secondary N) is 1. The van der Waals surface area contributed by atoms with Gasteiger partial charge < -0.3 is 5.32 Å². The second kappa shape index (κ2) is 6.23. The molecule has 104 valence electrons. The molecule has 0 spiro atoms. The molecule has 0 unspecified atom stereocenters. The van der Waals surface area contributed by atoms with Crippen LogP contribution in [0.1, 0.15) is 41.3 Å². The first-order chi connectivity index (χ1) is 9.49. The molecular weight excluding hydrogens is 314 g/mol. The van der Waals surface area contributed by atoms with Crippen LogP contribution in [-0.4, -0.2) is 5.91 Å². The van der Waals surface area contributed by atoms with Crippen molar-refractivity contribution < 1.29 is 4.79 Å². The lowest BCUT2D eigenvalue weighted by molar-refractivity contribution is 0.102. The van der Waals surface area contributed by atoms with E-state index < -0.39 is 0 Å². The Bertz CT molecular complexity index is 617. The fourth-order valence-corrected chi connectivity index (χ4v) is 2.32. The number of anilines is 1. The van der Waals surface area contributed by atoms with Crippen molar-refractivity contribution in [2.45, 2.75) is 26.7 Å². The Morgan fingerprint density at radius 2 is 1.75 bits per heavy atom. The Morgan fingerprint density at radius 3 is 2.35 bits per heavy atom. The number of benzene rings is 2. The van der Waals surface area contributed by atoms with Crippen LogP contribution in [0.3, 0.4) is 0 Å². The van der Waals surface area contributed by atoms with E-state index in [2.05, 4.69) is 35.1 Å². The van der Waals surface area contributed by atoms with Crippen LogP contribution in [0.5, 0.6) is 0 Å². The number of halogens is 1. The molecule has 0 aliphatic carbocycles. The third kappa shape index (κ3) is 3.28. The second-order valence-electron chi connectivity index (χ2n) is 5.14. The number of hydrogen-bond donors (Lipinski definition) is 1. The Morgan fingerprint density at radius 1 is 1.10 bits per heavy atom. The first-order valence-electron chi connectivity index (χ1n) is 6.65. The molecule has 0 aliphatic heterocycles. The molecule has 0 aromatic heterocycles. The van der Waals surface area contributed by atoms with Gasteiger partial charge in [-0.25, -0.2) is 0 Å². The molecule has 1 N–H and O–H groups in total. The zero-order valence-electron chi connectivity index (χ0n) is 11.9. The van der Waals surface area contributed by atoms with E-state index >= 15 is 0 Å². The lowest BCUT2D eigenvalue weighted by Gasteiger charge is -2.10. The molecule has 20 heavy (non-hydrogen) atoms. The van der Waals surface area contributed by atoms with Crippen LogP contribution < -0.4 is 5.32 Å². The summed E-state index contributed by atoms with van der Waals surface area (Å²) < 4.78 is 0.991. The van der Waals surface area contributed by atoms with E-state index in [-0.39, 0.29) is 5.91 Å². The number of hydrogen-bond acceptors (Lipinski definition) is 1. The van der Waals surface area contributed by atoms with Gasteiger partial charge in [0.05, 0.1) is 0 Å². The van der Waals surface area contributed by atoms with Crippen LogP contribution in [0.15, 0.2) is 46.9 Å². The van der Waals surface area contributed by atoms with Crippen molar-refractivity contribution in [1.29, 1.82) is 0 Å². The Balaban J connectivity index is 2.18. The zero-order chi connectivity index (χ0) is 14.7. The smallest absolute Gasteiger partial charge is 0.255 e. The zero-order valence-corrected chi connectivity index (χ0v) is 13.5. The average molecular weight is 332 g/mol.